The zero-order chi connectivity index (χ0) is 24.1. The maximum absolute atomic E-state index is 14.0. The Balaban J connectivity index is 1.54. The SMILES string of the molecule is CCN1C(=O)c2c(O)c(=O)c(C(=O)CCc3ccc(F)cc3F)cn2N2Cc3ccccc3[C@@H]12. The molecule has 7 nitrogen and oxygen atoms in total. The third kappa shape index (κ3) is 3.27. The number of halogens is 2. The zero-order valence-corrected chi connectivity index (χ0v) is 18.3. The number of ketones is 1. The molecule has 2 aromatic carbocycles. The van der Waals surface area contributed by atoms with E-state index in [1.807, 2.05) is 36.2 Å². The van der Waals surface area contributed by atoms with Gasteiger partial charge in [-0.3, -0.25) is 24.1 Å². The highest BCUT2D eigenvalue weighted by atomic mass is 19.1. The summed E-state index contributed by atoms with van der Waals surface area (Å²) in [7, 11) is 0. The second-order valence-electron chi connectivity index (χ2n) is 8.33. The fourth-order valence-corrected chi connectivity index (χ4v) is 4.73. The van der Waals surface area contributed by atoms with Gasteiger partial charge in [-0.05, 0) is 30.5 Å². The van der Waals surface area contributed by atoms with Gasteiger partial charge in [-0.1, -0.05) is 30.3 Å². The summed E-state index contributed by atoms with van der Waals surface area (Å²) in [5.41, 5.74) is 0.621. The van der Waals surface area contributed by atoms with Gasteiger partial charge in [-0.25, -0.2) is 8.78 Å². The fraction of sp³-hybridized carbons (Fsp3) is 0.240. The number of hydrogen-bond acceptors (Lipinski definition) is 5. The highest BCUT2D eigenvalue weighted by Gasteiger charge is 2.44. The van der Waals surface area contributed by atoms with Crippen LogP contribution in [0.5, 0.6) is 5.75 Å². The third-order valence-electron chi connectivity index (χ3n) is 6.43. The number of rotatable bonds is 5. The van der Waals surface area contributed by atoms with Crippen LogP contribution in [-0.4, -0.2) is 32.9 Å². The van der Waals surface area contributed by atoms with Crippen LogP contribution in [0.15, 0.2) is 53.5 Å². The second-order valence-corrected chi connectivity index (χ2v) is 8.33. The Morgan fingerprint density at radius 2 is 1.91 bits per heavy atom. The van der Waals surface area contributed by atoms with E-state index in [0.717, 1.165) is 23.3 Å². The van der Waals surface area contributed by atoms with E-state index in [2.05, 4.69) is 0 Å². The molecule has 1 aromatic heterocycles. The lowest BCUT2D eigenvalue weighted by molar-refractivity contribution is 0.0590. The minimum Gasteiger partial charge on any atom is -0.502 e. The molecule has 5 rings (SSSR count). The van der Waals surface area contributed by atoms with Crippen molar-refractivity contribution in [3.05, 3.63) is 98.5 Å². The second kappa shape index (κ2) is 8.09. The summed E-state index contributed by atoms with van der Waals surface area (Å²) in [6.45, 7) is 2.58. The van der Waals surface area contributed by atoms with Gasteiger partial charge in [0.25, 0.3) is 5.91 Å². The number of carbonyl (C=O) groups is 2. The van der Waals surface area contributed by atoms with E-state index >= 15 is 0 Å². The molecule has 3 heterocycles. The normalized spacial score (nSPS) is 16.3. The van der Waals surface area contributed by atoms with Gasteiger partial charge in [0.2, 0.25) is 5.43 Å². The van der Waals surface area contributed by atoms with Crippen LogP contribution in [0.3, 0.4) is 0 Å². The number of pyridine rings is 1. The van der Waals surface area contributed by atoms with E-state index in [9.17, 15) is 28.3 Å². The van der Waals surface area contributed by atoms with Crippen LogP contribution in [0.25, 0.3) is 0 Å². The topological polar surface area (TPSA) is 82.9 Å². The van der Waals surface area contributed by atoms with Gasteiger partial charge in [0.1, 0.15) is 17.8 Å². The maximum atomic E-state index is 14.0. The van der Waals surface area contributed by atoms with Gasteiger partial charge in [-0.15, -0.1) is 0 Å². The average Bonchev–Trinajstić information content (AvgIpc) is 3.20. The molecule has 0 unspecified atom stereocenters. The quantitative estimate of drug-likeness (QED) is 0.585. The molecular weight excluding hydrogens is 444 g/mol. The van der Waals surface area contributed by atoms with Crippen molar-refractivity contribution in [2.24, 2.45) is 0 Å². The zero-order valence-electron chi connectivity index (χ0n) is 18.3. The summed E-state index contributed by atoms with van der Waals surface area (Å²) in [6, 6.07) is 10.7. The summed E-state index contributed by atoms with van der Waals surface area (Å²) >= 11 is 0. The van der Waals surface area contributed by atoms with Crippen molar-refractivity contribution in [1.29, 1.82) is 0 Å². The molecule has 0 saturated carbocycles. The number of hydrogen-bond donors (Lipinski definition) is 1. The monoisotopic (exact) mass is 465 g/mol. The van der Waals surface area contributed by atoms with Crippen LogP contribution in [0, 0.1) is 11.6 Å². The number of fused-ring (bicyclic) bond motifs is 5. The summed E-state index contributed by atoms with van der Waals surface area (Å²) in [4.78, 5) is 40.6. The van der Waals surface area contributed by atoms with Crippen LogP contribution in [0.1, 0.15) is 57.0 Å². The van der Waals surface area contributed by atoms with E-state index in [1.54, 1.807) is 4.90 Å². The molecule has 0 aliphatic carbocycles. The van der Waals surface area contributed by atoms with E-state index in [1.165, 1.54) is 16.9 Å². The summed E-state index contributed by atoms with van der Waals surface area (Å²) in [5.74, 6) is -3.42. The Kier molecular flexibility index (Phi) is 5.19. The first-order valence-electron chi connectivity index (χ1n) is 10.9. The molecule has 3 aromatic rings. The van der Waals surface area contributed by atoms with Crippen molar-refractivity contribution in [1.82, 2.24) is 9.58 Å². The number of aryl methyl sites for hydroxylation is 1. The van der Waals surface area contributed by atoms with Gasteiger partial charge in [0.05, 0.1) is 12.1 Å². The lowest BCUT2D eigenvalue weighted by Crippen LogP contribution is -2.53. The first kappa shape index (κ1) is 21.8. The molecule has 0 spiro atoms. The molecule has 1 atom stereocenters. The highest BCUT2D eigenvalue weighted by molar-refractivity contribution is 6.00. The number of carbonyl (C=O) groups excluding carboxylic acids is 2. The first-order valence-corrected chi connectivity index (χ1v) is 10.9. The molecule has 0 bridgehead atoms. The van der Waals surface area contributed by atoms with E-state index in [-0.39, 0.29) is 29.7 Å². The Hall–Kier alpha value is -4.01. The number of benzene rings is 2. The molecule has 1 N–H and O–H groups in total. The van der Waals surface area contributed by atoms with Crippen LogP contribution < -0.4 is 10.4 Å². The largest absolute Gasteiger partial charge is 0.502 e. The molecule has 9 heteroatoms. The van der Waals surface area contributed by atoms with Crippen LogP contribution in [0.4, 0.5) is 8.78 Å². The Morgan fingerprint density at radius 3 is 2.65 bits per heavy atom. The van der Waals surface area contributed by atoms with Crippen LogP contribution in [-0.2, 0) is 13.0 Å². The average molecular weight is 465 g/mol. The van der Waals surface area contributed by atoms with Crippen molar-refractivity contribution in [3.8, 4) is 5.75 Å². The Labute approximate surface area is 193 Å². The smallest absolute Gasteiger partial charge is 0.278 e. The number of aromatic hydroxyl groups is 1. The van der Waals surface area contributed by atoms with Crippen molar-refractivity contribution >= 4 is 11.7 Å². The van der Waals surface area contributed by atoms with Crippen LogP contribution in [0.2, 0.25) is 0 Å². The molecule has 1 amide bonds. The molecule has 2 aliphatic rings. The van der Waals surface area contributed by atoms with E-state index in [0.29, 0.717) is 13.1 Å². The summed E-state index contributed by atoms with van der Waals surface area (Å²) < 4.78 is 28.5. The van der Waals surface area contributed by atoms with E-state index < -0.39 is 40.7 Å². The molecule has 0 fully saturated rings. The number of nitrogens with zero attached hydrogens (tertiary/aromatic N) is 3. The number of aromatic nitrogens is 1. The molecule has 0 radical (unpaired) electrons. The number of amides is 1. The third-order valence-corrected chi connectivity index (χ3v) is 6.43. The van der Waals surface area contributed by atoms with Gasteiger partial charge in [-0.2, -0.15) is 0 Å². The van der Waals surface area contributed by atoms with Crippen molar-refractivity contribution in [2.45, 2.75) is 32.5 Å². The van der Waals surface area contributed by atoms with Gasteiger partial charge in [0, 0.05) is 30.8 Å². The lowest BCUT2D eigenvalue weighted by atomic mass is 10.0. The molecule has 34 heavy (non-hydrogen) atoms. The minimum absolute atomic E-state index is 0.0484. The van der Waals surface area contributed by atoms with Crippen molar-refractivity contribution < 1.29 is 23.5 Å². The number of Topliss-reactive ketones (excluding diaryl/α,β-unsaturated/α-hetero) is 1. The standard InChI is InChI=1S/C25H21F2N3O4/c1-2-28-24-17-6-4-3-5-15(17)12-30(24)29-13-18(22(32)23(33)21(29)25(28)34)20(31)10-8-14-7-9-16(26)11-19(14)27/h3-7,9,11,13,24,33H,2,8,10,12H2,1H3/t24-/m0/s1. The van der Waals surface area contributed by atoms with Gasteiger partial charge in [0.15, 0.2) is 17.2 Å². The Morgan fingerprint density at radius 1 is 1.15 bits per heavy atom. The molecule has 2 aliphatic heterocycles. The van der Waals surface area contributed by atoms with E-state index in [4.69, 9.17) is 0 Å². The predicted octanol–water partition coefficient (Wildman–Crippen LogP) is 3.27. The maximum Gasteiger partial charge on any atom is 0.278 e. The molecule has 174 valence electrons. The predicted molar refractivity (Wildman–Crippen MR) is 119 cm³/mol. The Bertz CT molecular complexity index is 1400. The fourth-order valence-electron chi connectivity index (χ4n) is 4.73. The lowest BCUT2D eigenvalue weighted by Gasteiger charge is -2.43. The van der Waals surface area contributed by atoms with Crippen molar-refractivity contribution in [3.63, 3.8) is 0 Å². The molecular formula is C25H21F2N3O4. The van der Waals surface area contributed by atoms with Gasteiger partial charge >= 0.3 is 0 Å². The molecule has 0 saturated heterocycles. The summed E-state index contributed by atoms with van der Waals surface area (Å²) in [5, 5.41) is 12.5. The summed E-state index contributed by atoms with van der Waals surface area (Å²) in [6.07, 6.45) is 0.562. The first-order chi connectivity index (χ1) is 16.3. The minimum atomic E-state index is -0.949. The highest BCUT2D eigenvalue weighted by Crippen LogP contribution is 2.40. The van der Waals surface area contributed by atoms with Gasteiger partial charge < -0.3 is 10.0 Å². The van der Waals surface area contributed by atoms with Crippen LogP contribution >= 0.6 is 0 Å². The van der Waals surface area contributed by atoms with Crippen molar-refractivity contribution in [2.75, 3.05) is 11.6 Å².